The van der Waals surface area contributed by atoms with Crippen LogP contribution in [0.4, 0.5) is 0 Å². The molecule has 2 aliphatic rings. The van der Waals surface area contributed by atoms with Crippen LogP contribution in [0, 0.1) is 5.92 Å². The van der Waals surface area contributed by atoms with E-state index in [9.17, 15) is 0 Å². The molecule has 1 aromatic rings. The lowest BCUT2D eigenvalue weighted by Gasteiger charge is -2.27. The van der Waals surface area contributed by atoms with Crippen molar-refractivity contribution in [3.05, 3.63) is 22.3 Å². The Morgan fingerprint density at radius 3 is 2.95 bits per heavy atom. The van der Waals surface area contributed by atoms with Gasteiger partial charge in [-0.1, -0.05) is 13.3 Å². The van der Waals surface area contributed by atoms with Crippen LogP contribution in [0.1, 0.15) is 51.0 Å². The number of ether oxygens (including phenoxy) is 1. The fraction of sp³-hybridized carbons (Fsp3) is 0.688. The Hall–Kier alpha value is -0.610. The molecule has 3 nitrogen and oxygen atoms in total. The van der Waals surface area contributed by atoms with Gasteiger partial charge in [0.1, 0.15) is 6.10 Å². The maximum atomic E-state index is 6.19. The largest absolute Gasteiger partial charge is 0.474 e. The monoisotopic (exact) mass is 338 g/mol. The number of hydrogen-bond acceptors (Lipinski definition) is 3. The molecular formula is C16H23BrN2O. The van der Waals surface area contributed by atoms with Crippen molar-refractivity contribution in [2.75, 3.05) is 0 Å². The Balaban J connectivity index is 1.66. The van der Waals surface area contributed by atoms with Crippen molar-refractivity contribution >= 4 is 15.9 Å². The molecule has 110 valence electrons. The molecule has 4 heteroatoms. The lowest BCUT2D eigenvalue weighted by atomic mass is 9.89. The Labute approximate surface area is 129 Å². The summed E-state index contributed by atoms with van der Waals surface area (Å²) in [5.41, 5.74) is 1.17. The number of pyridine rings is 1. The van der Waals surface area contributed by atoms with Crippen molar-refractivity contribution in [2.24, 2.45) is 5.92 Å². The van der Waals surface area contributed by atoms with Crippen LogP contribution in [-0.4, -0.2) is 17.1 Å². The standard InChI is InChI=1S/C16H23BrN2O/c1-11-3-2-4-15(7-11)20-16-12(8-13(17)10-19-16)9-18-14-5-6-14/h8,10-11,14-15,18H,2-7,9H2,1H3. The van der Waals surface area contributed by atoms with Gasteiger partial charge in [-0.25, -0.2) is 4.98 Å². The zero-order valence-electron chi connectivity index (χ0n) is 12.1. The summed E-state index contributed by atoms with van der Waals surface area (Å²) in [6.07, 6.45) is 9.72. The van der Waals surface area contributed by atoms with E-state index in [0.29, 0.717) is 12.1 Å². The Kier molecular flexibility index (Phi) is 4.61. The number of nitrogens with one attached hydrogen (secondary N) is 1. The van der Waals surface area contributed by atoms with Crippen molar-refractivity contribution in [3.8, 4) is 5.88 Å². The van der Waals surface area contributed by atoms with Crippen molar-refractivity contribution in [3.63, 3.8) is 0 Å². The van der Waals surface area contributed by atoms with Gasteiger partial charge in [0.25, 0.3) is 0 Å². The summed E-state index contributed by atoms with van der Waals surface area (Å²) < 4.78 is 7.22. The molecule has 0 radical (unpaired) electrons. The van der Waals surface area contributed by atoms with Crippen molar-refractivity contribution in [2.45, 2.75) is 64.1 Å². The number of aromatic nitrogens is 1. The van der Waals surface area contributed by atoms with Crippen LogP contribution >= 0.6 is 15.9 Å². The van der Waals surface area contributed by atoms with E-state index < -0.39 is 0 Å². The molecule has 2 aliphatic carbocycles. The number of hydrogen-bond donors (Lipinski definition) is 1. The molecule has 20 heavy (non-hydrogen) atoms. The highest BCUT2D eigenvalue weighted by Gasteiger charge is 2.23. The minimum Gasteiger partial charge on any atom is -0.474 e. The van der Waals surface area contributed by atoms with Gasteiger partial charge in [-0.05, 0) is 60.0 Å². The molecular weight excluding hydrogens is 316 g/mol. The SMILES string of the molecule is CC1CCCC(Oc2ncc(Br)cc2CNC2CC2)C1. The minimum atomic E-state index is 0.340. The van der Waals surface area contributed by atoms with E-state index in [1.807, 2.05) is 6.20 Å². The molecule has 3 rings (SSSR count). The molecule has 0 spiro atoms. The Morgan fingerprint density at radius 2 is 2.20 bits per heavy atom. The molecule has 0 bridgehead atoms. The molecule has 1 heterocycles. The summed E-state index contributed by atoms with van der Waals surface area (Å²) in [6, 6.07) is 2.83. The van der Waals surface area contributed by atoms with Crippen LogP contribution in [0.3, 0.4) is 0 Å². The lowest BCUT2D eigenvalue weighted by molar-refractivity contribution is 0.122. The first-order valence-electron chi connectivity index (χ1n) is 7.75. The summed E-state index contributed by atoms with van der Waals surface area (Å²) >= 11 is 3.51. The summed E-state index contributed by atoms with van der Waals surface area (Å²) in [6.45, 7) is 3.18. The first-order chi connectivity index (χ1) is 9.70. The molecule has 1 aromatic heterocycles. The number of halogens is 1. The first-order valence-corrected chi connectivity index (χ1v) is 8.54. The van der Waals surface area contributed by atoms with E-state index in [4.69, 9.17) is 4.74 Å². The van der Waals surface area contributed by atoms with Crippen molar-refractivity contribution in [1.82, 2.24) is 10.3 Å². The average molecular weight is 339 g/mol. The molecule has 2 atom stereocenters. The predicted molar refractivity (Wildman–Crippen MR) is 83.8 cm³/mol. The van der Waals surface area contributed by atoms with Crippen LogP contribution in [0.2, 0.25) is 0 Å². The van der Waals surface area contributed by atoms with Crippen LogP contribution in [0.5, 0.6) is 5.88 Å². The second-order valence-electron chi connectivity index (χ2n) is 6.28. The normalized spacial score (nSPS) is 26.5. The van der Waals surface area contributed by atoms with E-state index in [0.717, 1.165) is 35.7 Å². The highest BCUT2D eigenvalue weighted by molar-refractivity contribution is 9.10. The third kappa shape index (κ3) is 3.95. The third-order valence-electron chi connectivity index (χ3n) is 4.22. The first kappa shape index (κ1) is 14.3. The summed E-state index contributed by atoms with van der Waals surface area (Å²) in [5.74, 6) is 1.60. The van der Waals surface area contributed by atoms with Gasteiger partial charge in [-0.15, -0.1) is 0 Å². The summed E-state index contributed by atoms with van der Waals surface area (Å²) in [4.78, 5) is 4.49. The van der Waals surface area contributed by atoms with Crippen LogP contribution < -0.4 is 10.1 Å². The number of rotatable bonds is 5. The fourth-order valence-corrected chi connectivity index (χ4v) is 3.27. The highest BCUT2D eigenvalue weighted by atomic mass is 79.9. The van der Waals surface area contributed by atoms with E-state index >= 15 is 0 Å². The highest BCUT2D eigenvalue weighted by Crippen LogP contribution is 2.29. The van der Waals surface area contributed by atoms with Crippen molar-refractivity contribution in [1.29, 1.82) is 0 Å². The Morgan fingerprint density at radius 1 is 1.35 bits per heavy atom. The smallest absolute Gasteiger partial charge is 0.218 e. The topological polar surface area (TPSA) is 34.1 Å². The van der Waals surface area contributed by atoms with E-state index in [1.54, 1.807) is 0 Å². The lowest BCUT2D eigenvalue weighted by Crippen LogP contribution is -2.25. The van der Waals surface area contributed by atoms with Gasteiger partial charge in [-0.2, -0.15) is 0 Å². The molecule has 0 aliphatic heterocycles. The van der Waals surface area contributed by atoms with Gasteiger partial charge in [0.15, 0.2) is 0 Å². The molecule has 2 saturated carbocycles. The van der Waals surface area contributed by atoms with Crippen molar-refractivity contribution < 1.29 is 4.74 Å². The van der Waals surface area contributed by atoms with Gasteiger partial charge < -0.3 is 10.1 Å². The quantitative estimate of drug-likeness (QED) is 0.879. The Bertz CT molecular complexity index is 462. The van der Waals surface area contributed by atoms with E-state index in [2.05, 4.69) is 39.2 Å². The maximum absolute atomic E-state index is 6.19. The summed E-state index contributed by atoms with van der Waals surface area (Å²) in [5, 5.41) is 3.55. The second kappa shape index (κ2) is 6.44. The minimum absolute atomic E-state index is 0.340. The second-order valence-corrected chi connectivity index (χ2v) is 7.20. The zero-order valence-corrected chi connectivity index (χ0v) is 13.7. The molecule has 0 amide bonds. The van der Waals surface area contributed by atoms with Gasteiger partial charge in [-0.3, -0.25) is 0 Å². The predicted octanol–water partition coefficient (Wildman–Crippen LogP) is 4.05. The molecule has 2 fully saturated rings. The van der Waals surface area contributed by atoms with Crippen LogP contribution in [-0.2, 0) is 6.54 Å². The van der Waals surface area contributed by atoms with Gasteiger partial charge >= 0.3 is 0 Å². The zero-order chi connectivity index (χ0) is 13.9. The van der Waals surface area contributed by atoms with Gasteiger partial charge in [0.2, 0.25) is 5.88 Å². The third-order valence-corrected chi connectivity index (χ3v) is 4.65. The fourth-order valence-electron chi connectivity index (χ4n) is 2.89. The average Bonchev–Trinajstić information content (AvgIpc) is 3.23. The van der Waals surface area contributed by atoms with E-state index in [-0.39, 0.29) is 0 Å². The van der Waals surface area contributed by atoms with Crippen LogP contribution in [0.15, 0.2) is 16.7 Å². The van der Waals surface area contributed by atoms with Gasteiger partial charge in [0.05, 0.1) is 0 Å². The molecule has 0 aromatic carbocycles. The molecule has 0 saturated heterocycles. The van der Waals surface area contributed by atoms with E-state index in [1.165, 1.54) is 31.2 Å². The maximum Gasteiger partial charge on any atom is 0.218 e. The molecule has 1 N–H and O–H groups in total. The van der Waals surface area contributed by atoms with Crippen LogP contribution in [0.25, 0.3) is 0 Å². The molecule has 2 unspecified atom stereocenters. The summed E-state index contributed by atoms with van der Waals surface area (Å²) in [7, 11) is 0. The van der Waals surface area contributed by atoms with Gasteiger partial charge in [0, 0.05) is 28.8 Å². The number of nitrogens with zero attached hydrogens (tertiary/aromatic N) is 1.